The molecule has 0 saturated heterocycles. The van der Waals surface area contributed by atoms with E-state index in [-0.39, 0.29) is 19.2 Å². The van der Waals surface area contributed by atoms with E-state index < -0.39 is 6.10 Å². The highest BCUT2D eigenvalue weighted by Gasteiger charge is 2.06. The molecule has 0 spiro atoms. The van der Waals surface area contributed by atoms with Crippen LogP contribution >= 0.6 is 0 Å². The van der Waals surface area contributed by atoms with E-state index in [4.69, 9.17) is 14.9 Å². The maximum Gasteiger partial charge on any atom is 0.305 e. The van der Waals surface area contributed by atoms with E-state index >= 15 is 0 Å². The summed E-state index contributed by atoms with van der Waals surface area (Å²) in [6.07, 6.45) is 12.9. The summed E-state index contributed by atoms with van der Waals surface area (Å²) in [6.45, 7) is 1.72. The first-order valence-corrected chi connectivity index (χ1v) is 7.80. The lowest BCUT2D eigenvalue weighted by atomic mass is 10.1. The maximum atomic E-state index is 11.3. The van der Waals surface area contributed by atoms with Crippen molar-refractivity contribution in [3.63, 3.8) is 0 Å². The average molecular weight is 286 g/mol. The van der Waals surface area contributed by atoms with Gasteiger partial charge < -0.3 is 14.9 Å². The number of carbonyl (C=O) groups excluding carboxylic acids is 1. The van der Waals surface area contributed by atoms with Crippen LogP contribution in [0.5, 0.6) is 0 Å². The van der Waals surface area contributed by atoms with Gasteiger partial charge in [-0.05, 0) is 32.1 Å². The summed E-state index contributed by atoms with van der Waals surface area (Å²) in [5.41, 5.74) is 0. The zero-order valence-corrected chi connectivity index (χ0v) is 12.7. The van der Waals surface area contributed by atoms with E-state index in [1.807, 2.05) is 0 Å². The number of aliphatic hydroxyl groups excluding tert-OH is 2. The molecule has 20 heavy (non-hydrogen) atoms. The molecule has 0 aromatic heterocycles. The van der Waals surface area contributed by atoms with Gasteiger partial charge in [0.2, 0.25) is 0 Å². The number of ether oxygens (including phenoxy) is 1. The summed E-state index contributed by atoms with van der Waals surface area (Å²) in [4.78, 5) is 11.3. The fourth-order valence-corrected chi connectivity index (χ4v) is 1.77. The molecule has 0 fully saturated rings. The van der Waals surface area contributed by atoms with Crippen LogP contribution in [0.4, 0.5) is 0 Å². The SMILES string of the molecule is CCCCC/C=C\CCCCCC(=O)OC[C@H](O)CO. The third-order valence-corrected chi connectivity index (χ3v) is 3.04. The Balaban J connectivity index is 3.28. The van der Waals surface area contributed by atoms with Gasteiger partial charge in [-0.1, -0.05) is 38.3 Å². The van der Waals surface area contributed by atoms with Gasteiger partial charge in [0.25, 0.3) is 0 Å². The van der Waals surface area contributed by atoms with Crippen molar-refractivity contribution in [1.82, 2.24) is 0 Å². The number of allylic oxidation sites excluding steroid dienone is 2. The van der Waals surface area contributed by atoms with Crippen molar-refractivity contribution < 1.29 is 19.7 Å². The molecule has 0 aromatic rings. The Labute approximate surface area is 122 Å². The molecule has 0 unspecified atom stereocenters. The van der Waals surface area contributed by atoms with E-state index in [0.29, 0.717) is 6.42 Å². The van der Waals surface area contributed by atoms with Gasteiger partial charge in [0.05, 0.1) is 6.61 Å². The molecular weight excluding hydrogens is 256 g/mol. The second-order valence-corrected chi connectivity index (χ2v) is 5.09. The van der Waals surface area contributed by atoms with Gasteiger partial charge in [0, 0.05) is 6.42 Å². The molecule has 0 rings (SSSR count). The van der Waals surface area contributed by atoms with Gasteiger partial charge in [-0.15, -0.1) is 0 Å². The summed E-state index contributed by atoms with van der Waals surface area (Å²) in [7, 11) is 0. The van der Waals surface area contributed by atoms with Crippen LogP contribution in [-0.2, 0) is 9.53 Å². The number of rotatable bonds is 13. The van der Waals surface area contributed by atoms with E-state index in [1.165, 1.54) is 25.7 Å². The molecule has 0 amide bonds. The minimum atomic E-state index is -0.961. The lowest BCUT2D eigenvalue weighted by Gasteiger charge is -2.08. The fraction of sp³-hybridized carbons (Fsp3) is 0.812. The van der Waals surface area contributed by atoms with Crippen LogP contribution in [0.1, 0.15) is 64.7 Å². The zero-order valence-electron chi connectivity index (χ0n) is 12.7. The van der Waals surface area contributed by atoms with Gasteiger partial charge in [-0.25, -0.2) is 0 Å². The molecule has 118 valence electrons. The normalized spacial score (nSPS) is 12.8. The molecule has 0 aliphatic heterocycles. The van der Waals surface area contributed by atoms with Crippen LogP contribution in [0, 0.1) is 0 Å². The van der Waals surface area contributed by atoms with Gasteiger partial charge in [0.1, 0.15) is 12.7 Å². The van der Waals surface area contributed by atoms with Gasteiger partial charge in [-0.3, -0.25) is 4.79 Å². The highest BCUT2D eigenvalue weighted by molar-refractivity contribution is 5.69. The summed E-state index contributed by atoms with van der Waals surface area (Å²) < 4.78 is 4.81. The van der Waals surface area contributed by atoms with Gasteiger partial charge in [-0.2, -0.15) is 0 Å². The Kier molecular flexibility index (Phi) is 13.9. The quantitative estimate of drug-likeness (QED) is 0.310. The van der Waals surface area contributed by atoms with Crippen molar-refractivity contribution in [3.8, 4) is 0 Å². The smallest absolute Gasteiger partial charge is 0.305 e. The lowest BCUT2D eigenvalue weighted by Crippen LogP contribution is -2.21. The molecule has 4 nitrogen and oxygen atoms in total. The Bertz CT molecular complexity index is 251. The Morgan fingerprint density at radius 3 is 2.35 bits per heavy atom. The number of hydrogen-bond acceptors (Lipinski definition) is 4. The molecule has 0 aromatic carbocycles. The first-order valence-electron chi connectivity index (χ1n) is 7.80. The molecule has 0 radical (unpaired) electrons. The number of aliphatic hydroxyl groups is 2. The van der Waals surface area contributed by atoms with Crippen molar-refractivity contribution in [2.45, 2.75) is 70.8 Å². The van der Waals surface area contributed by atoms with Crippen LogP contribution in [0.3, 0.4) is 0 Å². The maximum absolute atomic E-state index is 11.3. The highest BCUT2D eigenvalue weighted by Crippen LogP contribution is 2.06. The Hall–Kier alpha value is -0.870. The van der Waals surface area contributed by atoms with Crippen LogP contribution in [0.15, 0.2) is 12.2 Å². The number of esters is 1. The topological polar surface area (TPSA) is 66.8 Å². The highest BCUT2D eigenvalue weighted by atomic mass is 16.5. The van der Waals surface area contributed by atoms with E-state index in [9.17, 15) is 4.79 Å². The second kappa shape index (κ2) is 14.5. The molecule has 0 heterocycles. The summed E-state index contributed by atoms with van der Waals surface area (Å²) in [5, 5.41) is 17.6. The molecule has 1 atom stereocenters. The van der Waals surface area contributed by atoms with Crippen molar-refractivity contribution in [2.24, 2.45) is 0 Å². The third-order valence-electron chi connectivity index (χ3n) is 3.04. The first kappa shape index (κ1) is 19.1. The predicted molar refractivity (Wildman–Crippen MR) is 80.4 cm³/mol. The number of carbonyl (C=O) groups is 1. The van der Waals surface area contributed by atoms with Crippen LogP contribution in [0.2, 0.25) is 0 Å². The van der Waals surface area contributed by atoms with E-state index in [0.717, 1.165) is 25.7 Å². The van der Waals surface area contributed by atoms with Crippen molar-refractivity contribution in [3.05, 3.63) is 12.2 Å². The molecule has 0 bridgehead atoms. The molecular formula is C16H30O4. The standard InChI is InChI=1S/C16H30O4/c1-2-3-4-5-6-7-8-9-10-11-12-16(19)20-14-15(18)13-17/h6-7,15,17-18H,2-5,8-14H2,1H3/b7-6-/t15-/m1/s1. The molecule has 0 saturated carbocycles. The average Bonchev–Trinajstić information content (AvgIpc) is 2.46. The zero-order chi connectivity index (χ0) is 15.1. The minimum absolute atomic E-state index is 0.115. The predicted octanol–water partition coefficient (Wildman–Crippen LogP) is 2.97. The van der Waals surface area contributed by atoms with Crippen LogP contribution in [0.25, 0.3) is 0 Å². The minimum Gasteiger partial charge on any atom is -0.463 e. The fourth-order valence-electron chi connectivity index (χ4n) is 1.77. The van der Waals surface area contributed by atoms with Crippen molar-refractivity contribution >= 4 is 5.97 Å². The summed E-state index contributed by atoms with van der Waals surface area (Å²) in [5.74, 6) is -0.299. The molecule has 0 aliphatic carbocycles. The number of hydrogen-bond donors (Lipinski definition) is 2. The van der Waals surface area contributed by atoms with Gasteiger partial charge >= 0.3 is 5.97 Å². The summed E-state index contributed by atoms with van der Waals surface area (Å²) >= 11 is 0. The largest absolute Gasteiger partial charge is 0.463 e. The van der Waals surface area contributed by atoms with Crippen molar-refractivity contribution in [2.75, 3.05) is 13.2 Å². The van der Waals surface area contributed by atoms with Crippen molar-refractivity contribution in [1.29, 1.82) is 0 Å². The third kappa shape index (κ3) is 13.6. The molecule has 0 aliphatic rings. The van der Waals surface area contributed by atoms with E-state index in [1.54, 1.807) is 0 Å². The van der Waals surface area contributed by atoms with E-state index in [2.05, 4.69) is 19.1 Å². The van der Waals surface area contributed by atoms with Crippen LogP contribution < -0.4 is 0 Å². The monoisotopic (exact) mass is 286 g/mol. The van der Waals surface area contributed by atoms with Gasteiger partial charge in [0.15, 0.2) is 0 Å². The second-order valence-electron chi connectivity index (χ2n) is 5.09. The first-order chi connectivity index (χ1) is 9.70. The summed E-state index contributed by atoms with van der Waals surface area (Å²) in [6, 6.07) is 0. The van der Waals surface area contributed by atoms with Crippen LogP contribution in [-0.4, -0.2) is 35.5 Å². The molecule has 2 N–H and O–H groups in total. The lowest BCUT2D eigenvalue weighted by molar-refractivity contribution is -0.147. The Morgan fingerprint density at radius 1 is 1.10 bits per heavy atom. The Morgan fingerprint density at radius 2 is 1.75 bits per heavy atom. The number of unbranched alkanes of at least 4 members (excludes halogenated alkanes) is 6. The molecule has 4 heteroatoms.